The molecule has 0 radical (unpaired) electrons. The topological polar surface area (TPSA) is 160 Å². The second kappa shape index (κ2) is 8.41. The summed E-state index contributed by atoms with van der Waals surface area (Å²) in [6, 6.07) is 7.29. The van der Waals surface area contributed by atoms with Gasteiger partial charge in [-0.05, 0) is 12.1 Å². The normalized spacial score (nSPS) is 14.0. The zero-order valence-corrected chi connectivity index (χ0v) is 14.1. The number of likely N-dealkylation sites (tertiary alicyclic amines) is 1. The third-order valence-electron chi connectivity index (χ3n) is 3.39. The number of nitrogens with zero attached hydrogens (tertiary/aromatic N) is 3. The number of halogens is 1. The monoisotopic (exact) mass is 382 g/mol. The van der Waals surface area contributed by atoms with Crippen LogP contribution in [0.15, 0.2) is 28.8 Å². The number of primary amides is 1. The Morgan fingerprint density at radius 1 is 1.27 bits per heavy atom. The van der Waals surface area contributed by atoms with Crippen molar-refractivity contribution in [2.24, 2.45) is 5.73 Å². The lowest BCUT2D eigenvalue weighted by molar-refractivity contribution is -0.159. The second-order valence-corrected chi connectivity index (χ2v) is 5.87. The number of carboxylic acids is 2. The molecular formula is C15H15ClN4O6. The Hall–Kier alpha value is -2.98. The fraction of sp³-hybridized carbons (Fsp3) is 0.267. The van der Waals surface area contributed by atoms with Crippen molar-refractivity contribution < 1.29 is 29.1 Å². The fourth-order valence-electron chi connectivity index (χ4n) is 2.22. The van der Waals surface area contributed by atoms with Gasteiger partial charge in [-0.25, -0.2) is 9.59 Å². The number of nitrogens with two attached hydrogens (primary N) is 1. The highest BCUT2D eigenvalue weighted by atomic mass is 35.5. The summed E-state index contributed by atoms with van der Waals surface area (Å²) in [6.07, 6.45) is 0. The van der Waals surface area contributed by atoms with E-state index in [1.807, 2.05) is 17.0 Å². The number of aromatic nitrogens is 2. The number of carbonyl (C=O) groups excluding carboxylic acids is 1. The molecule has 26 heavy (non-hydrogen) atoms. The minimum Gasteiger partial charge on any atom is -0.473 e. The highest BCUT2D eigenvalue weighted by Crippen LogP contribution is 2.27. The Kier molecular flexibility index (Phi) is 6.26. The van der Waals surface area contributed by atoms with Gasteiger partial charge < -0.3 is 20.5 Å². The van der Waals surface area contributed by atoms with Crippen molar-refractivity contribution in [3.63, 3.8) is 0 Å². The van der Waals surface area contributed by atoms with E-state index in [0.717, 1.165) is 5.56 Å². The molecule has 1 saturated heterocycles. The third kappa shape index (κ3) is 5.26. The van der Waals surface area contributed by atoms with E-state index >= 15 is 0 Å². The van der Waals surface area contributed by atoms with Gasteiger partial charge in [-0.1, -0.05) is 28.9 Å². The molecule has 0 aliphatic carbocycles. The molecule has 3 rings (SSSR count). The van der Waals surface area contributed by atoms with Crippen LogP contribution in [0.3, 0.4) is 0 Å². The summed E-state index contributed by atoms with van der Waals surface area (Å²) in [5.74, 6) is -2.70. The maximum absolute atomic E-state index is 10.8. The van der Waals surface area contributed by atoms with Crippen molar-refractivity contribution in [3.8, 4) is 11.4 Å². The molecule has 138 valence electrons. The average Bonchev–Trinajstić information content (AvgIpc) is 3.00. The Morgan fingerprint density at radius 2 is 1.92 bits per heavy atom. The lowest BCUT2D eigenvalue weighted by Gasteiger charge is -2.35. The van der Waals surface area contributed by atoms with Gasteiger partial charge in [0.15, 0.2) is 0 Å². The molecule has 1 fully saturated rings. The standard InChI is InChI=1S/C13H13ClN4O2.C2H2O4/c14-10-3-1-2-8(4-10)12-16-13(20-17-12)9-5-18(6-9)7-11(15)19;3-1(4)2(5)6/h1-4,9H,5-7H2,(H2,15,19);(H,3,4)(H,5,6). The number of rotatable bonds is 4. The molecule has 1 aliphatic rings. The van der Waals surface area contributed by atoms with Crippen molar-refractivity contribution in [2.75, 3.05) is 19.6 Å². The minimum absolute atomic E-state index is 0.162. The number of carbonyl (C=O) groups is 3. The maximum Gasteiger partial charge on any atom is 0.414 e. The first kappa shape index (κ1) is 19.3. The Labute approximate surface area is 152 Å². The van der Waals surface area contributed by atoms with E-state index in [1.54, 1.807) is 12.1 Å². The number of benzene rings is 1. The lowest BCUT2D eigenvalue weighted by atomic mass is 10.0. The van der Waals surface area contributed by atoms with E-state index in [4.69, 9.17) is 41.7 Å². The third-order valence-corrected chi connectivity index (χ3v) is 3.63. The van der Waals surface area contributed by atoms with E-state index in [2.05, 4.69) is 10.1 Å². The zero-order valence-electron chi connectivity index (χ0n) is 13.3. The zero-order chi connectivity index (χ0) is 19.3. The van der Waals surface area contributed by atoms with Gasteiger partial charge in [0.25, 0.3) is 0 Å². The van der Waals surface area contributed by atoms with Gasteiger partial charge in [-0.15, -0.1) is 0 Å². The van der Waals surface area contributed by atoms with E-state index in [0.29, 0.717) is 29.8 Å². The fourth-order valence-corrected chi connectivity index (χ4v) is 2.41. The van der Waals surface area contributed by atoms with Gasteiger partial charge in [0.2, 0.25) is 17.6 Å². The highest BCUT2D eigenvalue weighted by molar-refractivity contribution is 6.30. The first-order valence-electron chi connectivity index (χ1n) is 7.32. The van der Waals surface area contributed by atoms with Crippen LogP contribution in [0.1, 0.15) is 11.8 Å². The Balaban J connectivity index is 0.000000352. The summed E-state index contributed by atoms with van der Waals surface area (Å²) >= 11 is 5.93. The number of carboxylic acid groups (broad SMARTS) is 2. The molecule has 11 heteroatoms. The van der Waals surface area contributed by atoms with E-state index in [-0.39, 0.29) is 18.4 Å². The SMILES string of the molecule is NC(=O)CN1CC(c2nc(-c3cccc(Cl)c3)no2)C1.O=C(O)C(=O)O. The molecule has 0 atom stereocenters. The molecule has 1 aliphatic heterocycles. The van der Waals surface area contributed by atoms with Crippen molar-refractivity contribution >= 4 is 29.4 Å². The molecule has 0 unspecified atom stereocenters. The molecule has 4 N–H and O–H groups in total. The van der Waals surface area contributed by atoms with Gasteiger partial charge in [-0.2, -0.15) is 4.98 Å². The van der Waals surface area contributed by atoms with Crippen molar-refractivity contribution in [3.05, 3.63) is 35.2 Å². The van der Waals surface area contributed by atoms with Crippen LogP contribution in [-0.4, -0.2) is 62.7 Å². The van der Waals surface area contributed by atoms with Crippen LogP contribution in [0.5, 0.6) is 0 Å². The van der Waals surface area contributed by atoms with Gasteiger partial charge in [0.1, 0.15) is 0 Å². The Morgan fingerprint density at radius 3 is 2.46 bits per heavy atom. The molecule has 10 nitrogen and oxygen atoms in total. The van der Waals surface area contributed by atoms with Crippen molar-refractivity contribution in [1.29, 1.82) is 0 Å². The van der Waals surface area contributed by atoms with Crippen LogP contribution in [0.4, 0.5) is 0 Å². The first-order chi connectivity index (χ1) is 12.3. The highest BCUT2D eigenvalue weighted by Gasteiger charge is 2.33. The average molecular weight is 383 g/mol. The predicted octanol–water partition coefficient (Wildman–Crippen LogP) is 0.430. The van der Waals surface area contributed by atoms with E-state index in [1.165, 1.54) is 0 Å². The van der Waals surface area contributed by atoms with Crippen LogP contribution < -0.4 is 5.73 Å². The summed E-state index contributed by atoms with van der Waals surface area (Å²) in [7, 11) is 0. The lowest BCUT2D eigenvalue weighted by Crippen LogP contribution is -2.48. The van der Waals surface area contributed by atoms with Gasteiger partial charge >= 0.3 is 11.9 Å². The number of hydrogen-bond donors (Lipinski definition) is 3. The Bertz CT molecular complexity index is 806. The van der Waals surface area contributed by atoms with Crippen molar-refractivity contribution in [1.82, 2.24) is 15.0 Å². The van der Waals surface area contributed by atoms with Gasteiger partial charge in [-0.3, -0.25) is 9.69 Å². The molecule has 2 aromatic rings. The number of amides is 1. The summed E-state index contributed by atoms with van der Waals surface area (Å²) in [5.41, 5.74) is 5.96. The molecule has 1 aromatic carbocycles. The van der Waals surface area contributed by atoms with Crippen LogP contribution in [0.2, 0.25) is 5.02 Å². The maximum atomic E-state index is 10.8. The molecular weight excluding hydrogens is 368 g/mol. The van der Waals surface area contributed by atoms with E-state index in [9.17, 15) is 4.79 Å². The van der Waals surface area contributed by atoms with Crippen LogP contribution >= 0.6 is 11.6 Å². The van der Waals surface area contributed by atoms with Crippen molar-refractivity contribution in [2.45, 2.75) is 5.92 Å². The van der Waals surface area contributed by atoms with Crippen LogP contribution in [0, 0.1) is 0 Å². The molecule has 1 amide bonds. The summed E-state index contributed by atoms with van der Waals surface area (Å²) in [6.45, 7) is 1.69. The minimum atomic E-state index is -1.82. The summed E-state index contributed by atoms with van der Waals surface area (Å²) in [5, 5.41) is 19.4. The smallest absolute Gasteiger partial charge is 0.414 e. The van der Waals surface area contributed by atoms with Gasteiger partial charge in [0.05, 0.1) is 12.5 Å². The van der Waals surface area contributed by atoms with Crippen LogP contribution in [-0.2, 0) is 14.4 Å². The van der Waals surface area contributed by atoms with Gasteiger partial charge in [0, 0.05) is 23.7 Å². The molecule has 0 bridgehead atoms. The predicted molar refractivity (Wildman–Crippen MR) is 88.4 cm³/mol. The molecule has 0 spiro atoms. The molecule has 1 aromatic heterocycles. The summed E-state index contributed by atoms with van der Waals surface area (Å²) in [4.78, 5) is 35.3. The number of hydrogen-bond acceptors (Lipinski definition) is 7. The van der Waals surface area contributed by atoms with E-state index < -0.39 is 11.9 Å². The second-order valence-electron chi connectivity index (χ2n) is 5.43. The largest absolute Gasteiger partial charge is 0.473 e. The summed E-state index contributed by atoms with van der Waals surface area (Å²) < 4.78 is 5.27. The number of aliphatic carboxylic acids is 2. The molecule has 2 heterocycles. The quantitative estimate of drug-likeness (QED) is 0.637. The van der Waals surface area contributed by atoms with Crippen LogP contribution in [0.25, 0.3) is 11.4 Å². The molecule has 0 saturated carbocycles. The first-order valence-corrected chi connectivity index (χ1v) is 7.70.